The maximum Gasteiger partial charge on any atom is 0.361 e. The van der Waals surface area contributed by atoms with Crippen LogP contribution in [0.1, 0.15) is 29.7 Å². The molecular weight excluding hydrogens is 368 g/mol. The standard InChI is InChI=1S/C28H22O2/c29-26-17-8-7-14-22(26)18-23-15-9-16-24-25(20-10-3-1-4-11-20)19-27(30-28(23)24)21-12-5-2-6-13-21/h1-8,10-14,17-19H,9,15-16H2/p+1. The minimum absolute atomic E-state index is 0.291. The fourth-order valence-electron chi connectivity index (χ4n) is 4.17. The zero-order valence-electron chi connectivity index (χ0n) is 16.7. The number of hydrogen-bond donors (Lipinski definition) is 1. The summed E-state index contributed by atoms with van der Waals surface area (Å²) in [4.78, 5) is 0. The minimum Gasteiger partial charge on any atom is -0.507 e. The molecule has 0 bridgehead atoms. The summed E-state index contributed by atoms with van der Waals surface area (Å²) in [6, 6.07) is 30.4. The molecule has 0 saturated heterocycles. The van der Waals surface area contributed by atoms with Gasteiger partial charge in [0.1, 0.15) is 5.75 Å². The van der Waals surface area contributed by atoms with Gasteiger partial charge < -0.3 is 5.11 Å². The molecule has 0 aliphatic heterocycles. The molecule has 0 unspecified atom stereocenters. The van der Waals surface area contributed by atoms with Crippen molar-refractivity contribution in [2.45, 2.75) is 19.3 Å². The summed E-state index contributed by atoms with van der Waals surface area (Å²) in [6.45, 7) is 0. The summed E-state index contributed by atoms with van der Waals surface area (Å²) in [5.41, 5.74) is 6.68. The highest BCUT2D eigenvalue weighted by atomic mass is 16.3. The first kappa shape index (κ1) is 18.4. The summed E-state index contributed by atoms with van der Waals surface area (Å²) in [6.07, 6.45) is 5.04. The van der Waals surface area contributed by atoms with Crippen LogP contribution in [-0.4, -0.2) is 5.11 Å². The molecule has 1 heterocycles. The number of phenolic OH excluding ortho intramolecular Hbond substituents is 1. The highest BCUT2D eigenvalue weighted by Crippen LogP contribution is 2.41. The molecule has 0 spiro atoms. The van der Waals surface area contributed by atoms with Crippen molar-refractivity contribution < 1.29 is 9.52 Å². The number of rotatable bonds is 3. The molecule has 0 amide bonds. The molecule has 0 atom stereocenters. The molecule has 0 radical (unpaired) electrons. The lowest BCUT2D eigenvalue weighted by molar-refractivity contribution is 0.474. The fraction of sp³-hybridized carbons (Fsp3) is 0.107. The molecule has 0 saturated carbocycles. The smallest absolute Gasteiger partial charge is 0.361 e. The van der Waals surface area contributed by atoms with Crippen LogP contribution >= 0.6 is 0 Å². The van der Waals surface area contributed by atoms with Crippen LogP contribution in [-0.2, 0) is 6.42 Å². The number of phenols is 1. The molecule has 30 heavy (non-hydrogen) atoms. The van der Waals surface area contributed by atoms with Crippen LogP contribution in [0.25, 0.3) is 34.1 Å². The maximum absolute atomic E-state index is 10.3. The molecular formula is C28H23O2+. The van der Waals surface area contributed by atoms with E-state index in [0.29, 0.717) is 5.75 Å². The number of hydrogen-bond acceptors (Lipinski definition) is 1. The zero-order chi connectivity index (χ0) is 20.3. The number of aromatic hydroxyl groups is 1. The predicted molar refractivity (Wildman–Crippen MR) is 123 cm³/mol. The Morgan fingerprint density at radius 3 is 2.13 bits per heavy atom. The molecule has 4 aromatic rings. The van der Waals surface area contributed by atoms with Gasteiger partial charge in [0.15, 0.2) is 0 Å². The van der Waals surface area contributed by atoms with Gasteiger partial charge in [-0.05, 0) is 49.1 Å². The fourth-order valence-corrected chi connectivity index (χ4v) is 4.17. The van der Waals surface area contributed by atoms with E-state index in [0.717, 1.165) is 47.5 Å². The van der Waals surface area contributed by atoms with Crippen molar-refractivity contribution in [3.05, 3.63) is 108 Å². The van der Waals surface area contributed by atoms with E-state index >= 15 is 0 Å². The van der Waals surface area contributed by atoms with Gasteiger partial charge in [-0.25, -0.2) is 4.42 Å². The lowest BCUT2D eigenvalue weighted by atomic mass is 9.86. The van der Waals surface area contributed by atoms with Crippen molar-refractivity contribution in [2.24, 2.45) is 0 Å². The Bertz CT molecular complexity index is 1210. The van der Waals surface area contributed by atoms with Gasteiger partial charge in [-0.1, -0.05) is 66.7 Å². The number of benzene rings is 3. The Labute approximate surface area is 176 Å². The van der Waals surface area contributed by atoms with E-state index in [1.165, 1.54) is 16.7 Å². The number of para-hydroxylation sites is 1. The van der Waals surface area contributed by atoms with Gasteiger partial charge in [0.25, 0.3) is 0 Å². The Morgan fingerprint density at radius 2 is 1.40 bits per heavy atom. The second kappa shape index (κ2) is 8.00. The van der Waals surface area contributed by atoms with Gasteiger partial charge in [-0.15, -0.1) is 0 Å². The van der Waals surface area contributed by atoms with Crippen LogP contribution in [0.4, 0.5) is 0 Å². The van der Waals surface area contributed by atoms with Gasteiger partial charge in [0.05, 0.1) is 22.8 Å². The van der Waals surface area contributed by atoms with Crippen LogP contribution in [0.2, 0.25) is 0 Å². The van der Waals surface area contributed by atoms with E-state index in [4.69, 9.17) is 4.42 Å². The predicted octanol–water partition coefficient (Wildman–Crippen LogP) is 7.48. The highest BCUT2D eigenvalue weighted by molar-refractivity contribution is 5.86. The third-order valence-corrected chi connectivity index (χ3v) is 5.66. The average Bonchev–Trinajstić information content (AvgIpc) is 2.81. The summed E-state index contributed by atoms with van der Waals surface area (Å²) < 4.78 is 6.52. The monoisotopic (exact) mass is 391 g/mol. The minimum atomic E-state index is 0.291. The maximum atomic E-state index is 10.3. The van der Waals surface area contributed by atoms with Crippen LogP contribution in [0.3, 0.4) is 0 Å². The largest absolute Gasteiger partial charge is 0.507 e. The Balaban J connectivity index is 1.74. The highest BCUT2D eigenvalue weighted by Gasteiger charge is 2.31. The van der Waals surface area contributed by atoms with Crippen molar-refractivity contribution in [3.8, 4) is 28.2 Å². The Morgan fingerprint density at radius 1 is 0.733 bits per heavy atom. The van der Waals surface area contributed by atoms with E-state index in [-0.39, 0.29) is 0 Å². The number of fused-ring (bicyclic) bond motifs is 1. The summed E-state index contributed by atoms with van der Waals surface area (Å²) >= 11 is 0. The molecule has 1 aliphatic rings. The normalized spacial score (nSPS) is 14.5. The van der Waals surface area contributed by atoms with Crippen molar-refractivity contribution >= 4 is 11.6 Å². The van der Waals surface area contributed by atoms with Gasteiger partial charge in [0.2, 0.25) is 0 Å². The van der Waals surface area contributed by atoms with Crippen molar-refractivity contribution in [3.63, 3.8) is 0 Å². The second-order valence-electron chi connectivity index (χ2n) is 7.65. The quantitative estimate of drug-likeness (QED) is 0.367. The van der Waals surface area contributed by atoms with E-state index in [1.807, 2.05) is 42.5 Å². The average molecular weight is 391 g/mol. The van der Waals surface area contributed by atoms with Crippen molar-refractivity contribution in [2.75, 3.05) is 0 Å². The molecule has 5 rings (SSSR count). The second-order valence-corrected chi connectivity index (χ2v) is 7.65. The van der Waals surface area contributed by atoms with Crippen LogP contribution < -0.4 is 0 Å². The molecule has 0 fully saturated rings. The SMILES string of the molecule is Oc1ccccc1C=C1CCCc2c(-c3ccccc3)cc(-c3ccccc3)[o+]c21. The Hall–Kier alpha value is -3.65. The molecule has 1 N–H and O–H groups in total. The first-order valence-corrected chi connectivity index (χ1v) is 10.4. The van der Waals surface area contributed by atoms with Crippen LogP contribution in [0, 0.1) is 0 Å². The molecule has 1 aliphatic carbocycles. The van der Waals surface area contributed by atoms with E-state index in [9.17, 15) is 5.11 Å². The number of allylic oxidation sites excluding steroid dienone is 1. The van der Waals surface area contributed by atoms with Gasteiger partial charge in [0, 0.05) is 11.1 Å². The van der Waals surface area contributed by atoms with Crippen LogP contribution in [0.5, 0.6) is 5.75 Å². The molecule has 3 aromatic carbocycles. The zero-order valence-corrected chi connectivity index (χ0v) is 16.7. The topological polar surface area (TPSA) is 31.5 Å². The van der Waals surface area contributed by atoms with Crippen molar-refractivity contribution in [1.29, 1.82) is 0 Å². The lowest BCUT2D eigenvalue weighted by Crippen LogP contribution is -2.05. The van der Waals surface area contributed by atoms with Crippen molar-refractivity contribution in [1.82, 2.24) is 0 Å². The third kappa shape index (κ3) is 3.53. The Kier molecular flexibility index (Phi) is 4.90. The van der Waals surface area contributed by atoms with E-state index < -0.39 is 0 Å². The van der Waals surface area contributed by atoms with Gasteiger partial charge in [-0.3, -0.25) is 0 Å². The van der Waals surface area contributed by atoms with E-state index in [2.05, 4.69) is 48.5 Å². The van der Waals surface area contributed by atoms with E-state index in [1.54, 1.807) is 6.07 Å². The molecule has 1 aromatic heterocycles. The third-order valence-electron chi connectivity index (χ3n) is 5.66. The summed E-state index contributed by atoms with van der Waals surface area (Å²) in [5, 5.41) is 10.3. The summed E-state index contributed by atoms with van der Waals surface area (Å²) in [5.74, 6) is 2.09. The molecule has 2 heteroatoms. The first-order valence-electron chi connectivity index (χ1n) is 10.4. The summed E-state index contributed by atoms with van der Waals surface area (Å²) in [7, 11) is 0. The first-order chi connectivity index (χ1) is 14.8. The van der Waals surface area contributed by atoms with Gasteiger partial charge in [-0.2, -0.15) is 0 Å². The van der Waals surface area contributed by atoms with Crippen LogP contribution in [0.15, 0.2) is 95.4 Å². The molecule has 2 nitrogen and oxygen atoms in total. The van der Waals surface area contributed by atoms with Gasteiger partial charge >= 0.3 is 11.5 Å². The lowest BCUT2D eigenvalue weighted by Gasteiger charge is -2.16. The molecule has 146 valence electrons.